The van der Waals surface area contributed by atoms with Crippen LogP contribution in [0.2, 0.25) is 0 Å². The zero-order chi connectivity index (χ0) is 5.58. The van der Waals surface area contributed by atoms with E-state index in [0.717, 1.165) is 0 Å². The lowest BCUT2D eigenvalue weighted by Gasteiger charge is -1.55. The van der Waals surface area contributed by atoms with E-state index in [1.807, 2.05) is 13.8 Å². The standard InChI is InChI=1S/C2H6.CHClO2/c1-2;2-1(3)4/h1-2H3;(H,3,4). The second-order valence-corrected chi connectivity index (χ2v) is 0.576. The molecule has 0 spiro atoms. The molecule has 0 heterocycles. The lowest BCUT2D eigenvalue weighted by atomic mass is 11.0. The minimum absolute atomic E-state index is 1.36. The average molecular weight is 111 g/mol. The molecule has 0 aromatic carbocycles. The summed E-state index contributed by atoms with van der Waals surface area (Å²) in [5, 5.41) is 7.18. The van der Waals surface area contributed by atoms with Crippen LogP contribution < -0.4 is 0 Å². The summed E-state index contributed by atoms with van der Waals surface area (Å²) >= 11 is 4.19. The molecule has 0 rings (SSSR count). The van der Waals surface area contributed by atoms with Crippen molar-refractivity contribution < 1.29 is 9.90 Å². The SMILES string of the molecule is CC.O=C(O)Cl. The van der Waals surface area contributed by atoms with Crippen LogP contribution in [0.25, 0.3) is 0 Å². The van der Waals surface area contributed by atoms with Crippen molar-refractivity contribution in [2.24, 2.45) is 0 Å². The van der Waals surface area contributed by atoms with Gasteiger partial charge in [0.2, 0.25) is 0 Å². The Kier molecular flexibility index (Phi) is 13.6. The molecule has 0 unspecified atom stereocenters. The molecule has 6 heavy (non-hydrogen) atoms. The van der Waals surface area contributed by atoms with Gasteiger partial charge in [-0.15, -0.1) is 0 Å². The first-order valence-electron chi connectivity index (χ1n) is 1.62. The highest BCUT2D eigenvalue weighted by Crippen LogP contribution is 1.67. The summed E-state index contributed by atoms with van der Waals surface area (Å²) in [6.07, 6.45) is 0. The van der Waals surface area contributed by atoms with Gasteiger partial charge in [0, 0.05) is 11.6 Å². The third-order valence-electron chi connectivity index (χ3n) is 0. The van der Waals surface area contributed by atoms with E-state index < -0.39 is 5.43 Å². The molecule has 0 aliphatic heterocycles. The van der Waals surface area contributed by atoms with Crippen molar-refractivity contribution in [3.8, 4) is 0 Å². The van der Waals surface area contributed by atoms with Crippen LogP contribution in [0.15, 0.2) is 0 Å². The van der Waals surface area contributed by atoms with E-state index in [-0.39, 0.29) is 0 Å². The van der Waals surface area contributed by atoms with E-state index >= 15 is 0 Å². The smallest absolute Gasteiger partial charge is 0.401 e. The highest BCUT2D eigenvalue weighted by atomic mass is 35.5. The molecule has 0 aliphatic rings. The Morgan fingerprint density at radius 2 is 1.67 bits per heavy atom. The monoisotopic (exact) mass is 110 g/mol. The number of rotatable bonds is 0. The third kappa shape index (κ3) is 497. The summed E-state index contributed by atoms with van der Waals surface area (Å²) in [5.74, 6) is 0. The van der Waals surface area contributed by atoms with Gasteiger partial charge >= 0.3 is 5.43 Å². The van der Waals surface area contributed by atoms with Crippen molar-refractivity contribution in [3.63, 3.8) is 0 Å². The topological polar surface area (TPSA) is 37.3 Å². The predicted molar refractivity (Wildman–Crippen MR) is 25.2 cm³/mol. The van der Waals surface area contributed by atoms with Crippen LogP contribution in [-0.2, 0) is 0 Å². The molecule has 0 saturated carbocycles. The number of carboxylic acid groups (broad SMARTS) is 1. The van der Waals surface area contributed by atoms with Gasteiger partial charge in [0.25, 0.3) is 0 Å². The molecular weight excluding hydrogens is 103 g/mol. The lowest BCUT2D eigenvalue weighted by Crippen LogP contribution is -1.66. The molecule has 0 atom stereocenters. The summed E-state index contributed by atoms with van der Waals surface area (Å²) < 4.78 is 0. The molecule has 0 amide bonds. The summed E-state index contributed by atoms with van der Waals surface area (Å²) in [6, 6.07) is 0. The molecule has 0 aliphatic carbocycles. The average Bonchev–Trinajstić information content (AvgIpc) is 1.41. The minimum atomic E-state index is -1.36. The largest absolute Gasteiger partial charge is 0.469 e. The zero-order valence-electron chi connectivity index (χ0n) is 3.73. The first-order chi connectivity index (χ1) is 2.73. The minimum Gasteiger partial charge on any atom is -0.469 e. The Morgan fingerprint density at radius 1 is 1.67 bits per heavy atom. The van der Waals surface area contributed by atoms with Crippen LogP contribution in [-0.4, -0.2) is 10.5 Å². The van der Waals surface area contributed by atoms with Crippen LogP contribution in [0.5, 0.6) is 0 Å². The van der Waals surface area contributed by atoms with Crippen LogP contribution >= 0.6 is 11.6 Å². The zero-order valence-corrected chi connectivity index (χ0v) is 4.49. The van der Waals surface area contributed by atoms with E-state index in [1.54, 1.807) is 0 Å². The van der Waals surface area contributed by atoms with Crippen molar-refractivity contribution in [1.29, 1.82) is 0 Å². The van der Waals surface area contributed by atoms with Gasteiger partial charge in [-0.05, 0) is 0 Å². The van der Waals surface area contributed by atoms with E-state index in [4.69, 9.17) is 9.90 Å². The van der Waals surface area contributed by atoms with E-state index in [2.05, 4.69) is 11.6 Å². The molecule has 3 heteroatoms. The Labute approximate surface area is 41.7 Å². The van der Waals surface area contributed by atoms with Crippen molar-refractivity contribution in [1.82, 2.24) is 0 Å². The quantitative estimate of drug-likeness (QED) is 0.484. The molecule has 38 valence electrons. The van der Waals surface area contributed by atoms with Gasteiger partial charge in [-0.25, -0.2) is 4.79 Å². The fourth-order valence-corrected chi connectivity index (χ4v) is 0. The van der Waals surface area contributed by atoms with Crippen molar-refractivity contribution in [2.45, 2.75) is 13.8 Å². The van der Waals surface area contributed by atoms with Crippen molar-refractivity contribution >= 4 is 17.0 Å². The highest BCUT2D eigenvalue weighted by molar-refractivity contribution is 6.60. The maximum Gasteiger partial charge on any atom is 0.401 e. The van der Waals surface area contributed by atoms with Crippen molar-refractivity contribution in [2.75, 3.05) is 0 Å². The maximum atomic E-state index is 8.77. The van der Waals surface area contributed by atoms with Gasteiger partial charge in [-0.2, -0.15) is 0 Å². The maximum absolute atomic E-state index is 8.77. The van der Waals surface area contributed by atoms with E-state index in [1.165, 1.54) is 0 Å². The Hall–Kier alpha value is -0.240. The Morgan fingerprint density at radius 3 is 1.67 bits per heavy atom. The van der Waals surface area contributed by atoms with Crippen LogP contribution in [0.3, 0.4) is 0 Å². The van der Waals surface area contributed by atoms with Gasteiger partial charge in [0.05, 0.1) is 0 Å². The van der Waals surface area contributed by atoms with Gasteiger partial charge < -0.3 is 5.11 Å². The highest BCUT2D eigenvalue weighted by Gasteiger charge is 1.71. The van der Waals surface area contributed by atoms with Gasteiger partial charge in [0.1, 0.15) is 0 Å². The van der Waals surface area contributed by atoms with Gasteiger partial charge in [-0.1, -0.05) is 13.8 Å². The summed E-state index contributed by atoms with van der Waals surface area (Å²) in [6.45, 7) is 4.00. The summed E-state index contributed by atoms with van der Waals surface area (Å²) in [5.41, 5.74) is -1.36. The molecule has 0 bridgehead atoms. The molecule has 0 radical (unpaired) electrons. The van der Waals surface area contributed by atoms with E-state index in [0.29, 0.717) is 0 Å². The third-order valence-corrected chi connectivity index (χ3v) is 0. The fourth-order valence-electron chi connectivity index (χ4n) is 0. The van der Waals surface area contributed by atoms with Crippen LogP contribution in [0.4, 0.5) is 4.79 Å². The number of halogens is 1. The van der Waals surface area contributed by atoms with Crippen LogP contribution in [0.1, 0.15) is 13.8 Å². The van der Waals surface area contributed by atoms with Gasteiger partial charge in [0.15, 0.2) is 0 Å². The molecular formula is C3H7ClO2. The molecule has 0 aromatic rings. The number of hydrogen-bond acceptors (Lipinski definition) is 1. The lowest BCUT2D eigenvalue weighted by molar-refractivity contribution is 0.220. The summed E-state index contributed by atoms with van der Waals surface area (Å²) in [7, 11) is 0. The van der Waals surface area contributed by atoms with Gasteiger partial charge in [-0.3, -0.25) is 0 Å². The molecule has 0 saturated heterocycles. The fraction of sp³-hybridized carbons (Fsp3) is 0.667. The molecule has 2 nitrogen and oxygen atoms in total. The Bertz CT molecular complexity index is 31.8. The predicted octanol–water partition coefficient (Wildman–Crippen LogP) is 1.93. The normalized spacial score (nSPS) is 5.17. The van der Waals surface area contributed by atoms with E-state index in [9.17, 15) is 0 Å². The first kappa shape index (κ1) is 9.23. The second-order valence-electron chi connectivity index (χ2n) is 0.253. The molecule has 0 fully saturated rings. The summed E-state index contributed by atoms with van der Waals surface area (Å²) in [4.78, 5) is 8.77. The molecule has 0 aromatic heterocycles. The Balaban J connectivity index is 0. The first-order valence-corrected chi connectivity index (χ1v) is 1.99. The van der Waals surface area contributed by atoms with Crippen LogP contribution in [0, 0.1) is 0 Å². The number of carbonyl (C=O) groups is 1. The van der Waals surface area contributed by atoms with Crippen molar-refractivity contribution in [3.05, 3.63) is 0 Å². The number of hydrogen-bond donors (Lipinski definition) is 1. The molecule has 1 N–H and O–H groups in total. The second kappa shape index (κ2) is 8.83.